The summed E-state index contributed by atoms with van der Waals surface area (Å²) >= 11 is 1.85. The molecule has 0 unspecified atom stereocenters. The van der Waals surface area contributed by atoms with E-state index in [0.717, 1.165) is 55.7 Å². The van der Waals surface area contributed by atoms with E-state index in [0.29, 0.717) is 17.5 Å². The highest BCUT2D eigenvalue weighted by Crippen LogP contribution is 2.45. The van der Waals surface area contributed by atoms with Gasteiger partial charge >= 0.3 is 0 Å². The highest BCUT2D eigenvalue weighted by Gasteiger charge is 2.23. The monoisotopic (exact) mass is 808 g/mol. The van der Waals surface area contributed by atoms with Gasteiger partial charge in [0.1, 0.15) is 0 Å². The lowest BCUT2D eigenvalue weighted by Crippen LogP contribution is -2.04. The van der Waals surface area contributed by atoms with Gasteiger partial charge < -0.3 is 4.57 Å². The third-order valence-electron chi connectivity index (χ3n) is 11.9. The maximum atomic E-state index is 5.37. The Morgan fingerprint density at radius 1 is 0.323 bits per heavy atom. The fourth-order valence-corrected chi connectivity index (χ4v) is 10.2. The lowest BCUT2D eigenvalue weighted by atomic mass is 9.90. The molecular formula is C57H36N4S. The SMILES string of the molecule is c1ccc(-c2ccc(-c3ccccc3)c(-c3ccc(-n4c5ccccc5c5ccc6c7ccccc7sc6c54)c(-c4nc(-c5ccccc5)nc(-c5ccccc5)n4)c3)c2)cc1. The van der Waals surface area contributed by atoms with Gasteiger partial charge in [-0.3, -0.25) is 0 Å². The molecule has 0 bridgehead atoms. The Morgan fingerprint density at radius 3 is 1.55 bits per heavy atom. The quantitative estimate of drug-likeness (QED) is 0.161. The predicted octanol–water partition coefficient (Wildman–Crippen LogP) is 15.3. The molecule has 4 nitrogen and oxygen atoms in total. The maximum absolute atomic E-state index is 5.37. The van der Waals surface area contributed by atoms with Gasteiger partial charge in [0.05, 0.1) is 21.4 Å². The minimum Gasteiger partial charge on any atom is -0.307 e. The number of hydrogen-bond acceptors (Lipinski definition) is 4. The molecule has 5 heteroatoms. The van der Waals surface area contributed by atoms with Crippen LogP contribution in [0.4, 0.5) is 0 Å². The van der Waals surface area contributed by atoms with Crippen LogP contribution in [-0.2, 0) is 0 Å². The van der Waals surface area contributed by atoms with Crippen LogP contribution < -0.4 is 0 Å². The first kappa shape index (κ1) is 35.9. The van der Waals surface area contributed by atoms with Crippen LogP contribution in [0.1, 0.15) is 0 Å². The molecule has 12 aromatic rings. The first-order valence-corrected chi connectivity index (χ1v) is 21.7. The van der Waals surface area contributed by atoms with Crippen LogP contribution in [0.5, 0.6) is 0 Å². The van der Waals surface area contributed by atoms with Crippen LogP contribution in [0.3, 0.4) is 0 Å². The molecule has 0 saturated heterocycles. The predicted molar refractivity (Wildman–Crippen MR) is 260 cm³/mol. The summed E-state index contributed by atoms with van der Waals surface area (Å²) in [4.78, 5) is 15.9. The van der Waals surface area contributed by atoms with Gasteiger partial charge in [-0.05, 0) is 63.7 Å². The smallest absolute Gasteiger partial charge is 0.166 e. The van der Waals surface area contributed by atoms with Crippen molar-refractivity contribution in [1.29, 1.82) is 0 Å². The van der Waals surface area contributed by atoms with E-state index in [9.17, 15) is 0 Å². The van der Waals surface area contributed by atoms with E-state index in [2.05, 4.69) is 187 Å². The Kier molecular flexibility index (Phi) is 8.65. The second-order valence-corrected chi connectivity index (χ2v) is 16.6. The fraction of sp³-hybridized carbons (Fsp3) is 0. The van der Waals surface area contributed by atoms with Gasteiger partial charge in [-0.25, -0.2) is 15.0 Å². The highest BCUT2D eigenvalue weighted by molar-refractivity contribution is 7.26. The van der Waals surface area contributed by atoms with E-state index in [4.69, 9.17) is 15.0 Å². The van der Waals surface area contributed by atoms with E-state index in [1.165, 1.54) is 42.0 Å². The molecule has 0 aliphatic rings. The third-order valence-corrected chi connectivity index (χ3v) is 13.1. The van der Waals surface area contributed by atoms with Crippen LogP contribution >= 0.6 is 11.3 Å². The first-order chi connectivity index (χ1) is 30.7. The molecule has 290 valence electrons. The number of benzene rings is 9. The molecule has 0 spiro atoms. The Bertz CT molecular complexity index is 3560. The van der Waals surface area contributed by atoms with Crippen LogP contribution in [0.25, 0.3) is 115 Å². The minimum atomic E-state index is 0.601. The van der Waals surface area contributed by atoms with Gasteiger partial charge in [-0.1, -0.05) is 188 Å². The van der Waals surface area contributed by atoms with Gasteiger partial charge in [0.25, 0.3) is 0 Å². The Balaban J connectivity index is 1.20. The third kappa shape index (κ3) is 6.09. The zero-order valence-electron chi connectivity index (χ0n) is 33.5. The van der Waals surface area contributed by atoms with Crippen LogP contribution in [0.15, 0.2) is 218 Å². The van der Waals surface area contributed by atoms with Gasteiger partial charge in [0.15, 0.2) is 17.5 Å². The average molecular weight is 809 g/mol. The Labute approximate surface area is 362 Å². The molecule has 0 atom stereocenters. The van der Waals surface area contributed by atoms with Crippen molar-refractivity contribution in [3.63, 3.8) is 0 Å². The van der Waals surface area contributed by atoms with E-state index in [-0.39, 0.29) is 0 Å². The molecule has 12 rings (SSSR count). The summed E-state index contributed by atoms with van der Waals surface area (Å²) < 4.78 is 4.97. The Morgan fingerprint density at radius 2 is 0.855 bits per heavy atom. The largest absolute Gasteiger partial charge is 0.307 e. The van der Waals surface area contributed by atoms with Crippen LogP contribution in [-0.4, -0.2) is 19.5 Å². The van der Waals surface area contributed by atoms with E-state index >= 15 is 0 Å². The molecule has 0 N–H and O–H groups in total. The fourth-order valence-electron chi connectivity index (χ4n) is 8.95. The number of rotatable bonds is 7. The van der Waals surface area contributed by atoms with Crippen LogP contribution in [0.2, 0.25) is 0 Å². The van der Waals surface area contributed by atoms with E-state index in [1.54, 1.807) is 0 Å². The van der Waals surface area contributed by atoms with Crippen molar-refractivity contribution in [2.24, 2.45) is 0 Å². The second-order valence-electron chi connectivity index (χ2n) is 15.6. The number of fused-ring (bicyclic) bond motifs is 7. The van der Waals surface area contributed by atoms with Crippen molar-refractivity contribution >= 4 is 53.3 Å². The molecule has 3 aromatic heterocycles. The van der Waals surface area contributed by atoms with Gasteiger partial charge in [-0.15, -0.1) is 11.3 Å². The Hall–Kier alpha value is -7.99. The average Bonchev–Trinajstić information content (AvgIpc) is 3.91. The minimum absolute atomic E-state index is 0.601. The normalized spacial score (nSPS) is 11.5. The molecular weight excluding hydrogens is 773 g/mol. The zero-order valence-corrected chi connectivity index (χ0v) is 34.3. The summed E-state index contributed by atoms with van der Waals surface area (Å²) in [6.07, 6.45) is 0. The molecule has 0 fully saturated rings. The standard InChI is InChI=1S/C57H36N4S/c1-5-17-37(18-6-1)41-29-31-43(38-19-7-2-8-20-38)48(35-41)42-30-34-51(49(36-42)57-59-55(39-21-9-3-10-22-39)58-56(60-57)40-23-11-4-12-24-40)61-50-27-15-13-25-44(50)46-32-33-47-45-26-14-16-28-52(45)62-54(47)53(46)61/h1-36H. The molecule has 0 saturated carbocycles. The maximum Gasteiger partial charge on any atom is 0.166 e. The highest BCUT2D eigenvalue weighted by atomic mass is 32.1. The second kappa shape index (κ2) is 14.9. The molecule has 0 radical (unpaired) electrons. The zero-order chi connectivity index (χ0) is 41.0. The van der Waals surface area contributed by atoms with E-state index in [1.807, 2.05) is 47.7 Å². The van der Waals surface area contributed by atoms with Crippen molar-refractivity contribution in [3.8, 4) is 73.2 Å². The number of hydrogen-bond donors (Lipinski definition) is 0. The van der Waals surface area contributed by atoms with Crippen molar-refractivity contribution in [1.82, 2.24) is 19.5 Å². The van der Waals surface area contributed by atoms with Crippen LogP contribution in [0, 0.1) is 0 Å². The molecule has 3 heterocycles. The number of aromatic nitrogens is 4. The van der Waals surface area contributed by atoms with E-state index < -0.39 is 0 Å². The summed E-state index contributed by atoms with van der Waals surface area (Å²) in [5.41, 5.74) is 12.9. The number of nitrogens with zero attached hydrogens (tertiary/aromatic N) is 4. The first-order valence-electron chi connectivity index (χ1n) is 20.9. The summed E-state index contributed by atoms with van der Waals surface area (Å²) in [6.45, 7) is 0. The molecule has 0 aliphatic carbocycles. The molecule has 9 aromatic carbocycles. The van der Waals surface area contributed by atoms with Crippen molar-refractivity contribution in [3.05, 3.63) is 218 Å². The summed E-state index contributed by atoms with van der Waals surface area (Å²) in [5.74, 6) is 1.84. The summed E-state index contributed by atoms with van der Waals surface area (Å²) in [6, 6.07) is 77.5. The van der Waals surface area contributed by atoms with Crippen molar-refractivity contribution < 1.29 is 0 Å². The molecule has 0 amide bonds. The van der Waals surface area contributed by atoms with Crippen molar-refractivity contribution in [2.75, 3.05) is 0 Å². The van der Waals surface area contributed by atoms with Gasteiger partial charge in [0.2, 0.25) is 0 Å². The van der Waals surface area contributed by atoms with Crippen molar-refractivity contribution in [2.45, 2.75) is 0 Å². The summed E-state index contributed by atoms with van der Waals surface area (Å²) in [5, 5.41) is 4.93. The van der Waals surface area contributed by atoms with Gasteiger partial charge in [-0.2, -0.15) is 0 Å². The van der Waals surface area contributed by atoms with Gasteiger partial charge in [0, 0.05) is 42.9 Å². The topological polar surface area (TPSA) is 43.6 Å². The lowest BCUT2D eigenvalue weighted by Gasteiger charge is -2.18. The molecule has 0 aliphatic heterocycles. The molecule has 62 heavy (non-hydrogen) atoms. The lowest BCUT2D eigenvalue weighted by molar-refractivity contribution is 1.06. The number of para-hydroxylation sites is 1. The summed E-state index contributed by atoms with van der Waals surface area (Å²) in [7, 11) is 0. The number of thiophene rings is 1.